The number of carbonyl (C=O) groups excluding carboxylic acids is 3. The lowest BCUT2D eigenvalue weighted by Crippen LogP contribution is -2.37. The minimum Gasteiger partial charge on any atom is -0.493 e. The van der Waals surface area contributed by atoms with Gasteiger partial charge in [0.1, 0.15) is 5.76 Å². The fourth-order valence-corrected chi connectivity index (χ4v) is 2.82. The van der Waals surface area contributed by atoms with Gasteiger partial charge in [-0.15, -0.1) is 0 Å². The Morgan fingerprint density at radius 3 is 2.62 bits per heavy atom. The van der Waals surface area contributed by atoms with Crippen molar-refractivity contribution in [1.29, 1.82) is 0 Å². The number of furan rings is 1. The monoisotopic (exact) mass is 464 g/mol. The topological polar surface area (TPSA) is 131 Å². The molecule has 2 aromatic carbocycles. The zero-order valence-electron chi connectivity index (χ0n) is 18.7. The van der Waals surface area contributed by atoms with Gasteiger partial charge in [-0.2, -0.15) is 5.10 Å². The summed E-state index contributed by atoms with van der Waals surface area (Å²) in [5, 5.41) is 8.95. The molecule has 3 aromatic rings. The molecule has 176 valence electrons. The Morgan fingerprint density at radius 1 is 1.03 bits per heavy atom. The number of benzene rings is 2. The van der Waals surface area contributed by atoms with Gasteiger partial charge in [-0.3, -0.25) is 14.4 Å². The summed E-state index contributed by atoms with van der Waals surface area (Å²) in [4.78, 5) is 35.8. The molecule has 0 aliphatic rings. The molecule has 0 unspecified atom stereocenters. The van der Waals surface area contributed by atoms with Gasteiger partial charge in [-0.05, 0) is 60.5 Å². The van der Waals surface area contributed by atoms with E-state index in [9.17, 15) is 14.4 Å². The van der Waals surface area contributed by atoms with E-state index in [-0.39, 0.29) is 19.1 Å². The van der Waals surface area contributed by atoms with Crippen LogP contribution >= 0.6 is 0 Å². The molecule has 0 aliphatic carbocycles. The average molecular weight is 464 g/mol. The molecule has 3 rings (SSSR count). The number of ether oxygens (including phenoxy) is 2. The van der Waals surface area contributed by atoms with Crippen LogP contribution in [0.15, 0.2) is 70.4 Å². The molecule has 0 atom stereocenters. The maximum Gasteiger partial charge on any atom is 0.329 e. The van der Waals surface area contributed by atoms with Gasteiger partial charge in [-0.25, -0.2) is 5.43 Å². The third-order valence-corrected chi connectivity index (χ3v) is 4.44. The number of nitrogens with zero attached hydrogens (tertiary/aromatic N) is 1. The normalized spacial score (nSPS) is 10.5. The fraction of sp³-hybridized carbons (Fsp3) is 0.167. The van der Waals surface area contributed by atoms with Crippen molar-refractivity contribution >= 4 is 29.6 Å². The third kappa shape index (κ3) is 7.23. The van der Waals surface area contributed by atoms with E-state index in [1.54, 1.807) is 36.4 Å². The molecule has 1 heterocycles. The van der Waals surface area contributed by atoms with E-state index in [2.05, 4.69) is 21.2 Å². The van der Waals surface area contributed by atoms with Crippen LogP contribution in [0.2, 0.25) is 0 Å². The quantitative estimate of drug-likeness (QED) is 0.253. The predicted molar refractivity (Wildman–Crippen MR) is 125 cm³/mol. The average Bonchev–Trinajstić information content (AvgIpc) is 3.35. The predicted octanol–water partition coefficient (Wildman–Crippen LogP) is 2.38. The van der Waals surface area contributed by atoms with Crippen LogP contribution in [0.25, 0.3) is 0 Å². The van der Waals surface area contributed by atoms with E-state index in [4.69, 9.17) is 13.9 Å². The Hall–Kier alpha value is -4.60. The van der Waals surface area contributed by atoms with Crippen molar-refractivity contribution < 1.29 is 28.3 Å². The minimum absolute atomic E-state index is 0.0879. The summed E-state index contributed by atoms with van der Waals surface area (Å²) in [5.41, 5.74) is 4.43. The van der Waals surface area contributed by atoms with Crippen molar-refractivity contribution in [3.8, 4) is 11.5 Å². The Morgan fingerprint density at radius 2 is 1.88 bits per heavy atom. The molecule has 10 heteroatoms. The maximum absolute atomic E-state index is 12.2. The number of methoxy groups -OCH3 is 1. The van der Waals surface area contributed by atoms with Gasteiger partial charge in [0.15, 0.2) is 18.1 Å². The van der Waals surface area contributed by atoms with Crippen molar-refractivity contribution in [3.63, 3.8) is 0 Å². The van der Waals surface area contributed by atoms with Gasteiger partial charge in [0, 0.05) is 5.69 Å². The molecule has 34 heavy (non-hydrogen) atoms. The van der Waals surface area contributed by atoms with Crippen LogP contribution in [0, 0.1) is 6.92 Å². The van der Waals surface area contributed by atoms with Gasteiger partial charge in [0.2, 0.25) is 0 Å². The summed E-state index contributed by atoms with van der Waals surface area (Å²) in [6.45, 7) is 1.82. The smallest absolute Gasteiger partial charge is 0.329 e. The summed E-state index contributed by atoms with van der Waals surface area (Å²) < 4.78 is 15.9. The first-order valence-electron chi connectivity index (χ1n) is 10.3. The minimum atomic E-state index is -0.922. The molecular weight excluding hydrogens is 440 g/mol. The molecule has 0 saturated carbocycles. The Labute approximate surface area is 195 Å². The molecule has 0 fully saturated rings. The summed E-state index contributed by atoms with van der Waals surface area (Å²) >= 11 is 0. The largest absolute Gasteiger partial charge is 0.493 e. The highest BCUT2D eigenvalue weighted by molar-refractivity contribution is 6.35. The SMILES string of the molecule is COc1cc(/C=N\NC(=O)C(=O)NCc2ccco2)ccc1OCC(=O)Nc1cccc(C)c1. The van der Waals surface area contributed by atoms with E-state index >= 15 is 0 Å². The third-order valence-electron chi connectivity index (χ3n) is 4.44. The van der Waals surface area contributed by atoms with E-state index in [1.807, 2.05) is 25.1 Å². The lowest BCUT2D eigenvalue weighted by atomic mass is 10.2. The Bertz CT molecular complexity index is 1170. The number of anilines is 1. The van der Waals surface area contributed by atoms with Gasteiger partial charge in [0.05, 0.1) is 26.1 Å². The maximum atomic E-state index is 12.2. The van der Waals surface area contributed by atoms with Gasteiger partial charge < -0.3 is 24.5 Å². The van der Waals surface area contributed by atoms with Crippen LogP contribution in [-0.4, -0.2) is 37.7 Å². The lowest BCUT2D eigenvalue weighted by molar-refractivity contribution is -0.139. The first-order chi connectivity index (χ1) is 16.4. The molecule has 3 amide bonds. The first-order valence-corrected chi connectivity index (χ1v) is 10.3. The number of hydrogen-bond donors (Lipinski definition) is 3. The molecule has 0 radical (unpaired) electrons. The van der Waals surface area contributed by atoms with Crippen LogP contribution < -0.4 is 25.5 Å². The van der Waals surface area contributed by atoms with Crippen molar-refractivity contribution in [2.24, 2.45) is 5.10 Å². The zero-order chi connectivity index (χ0) is 24.3. The van der Waals surface area contributed by atoms with Crippen LogP contribution in [0.1, 0.15) is 16.9 Å². The molecule has 0 saturated heterocycles. The number of aryl methyl sites for hydroxylation is 1. The van der Waals surface area contributed by atoms with E-state index in [0.717, 1.165) is 5.56 Å². The summed E-state index contributed by atoms with van der Waals surface area (Å²) in [5.74, 6) is -0.832. The van der Waals surface area contributed by atoms with Crippen molar-refractivity contribution in [2.75, 3.05) is 19.0 Å². The van der Waals surface area contributed by atoms with Crippen LogP contribution in [0.5, 0.6) is 11.5 Å². The number of hydrazone groups is 1. The second kappa shape index (κ2) is 11.9. The Balaban J connectivity index is 1.49. The standard InChI is InChI=1S/C24H24N4O6/c1-16-5-3-6-18(11-16)27-22(29)15-34-20-9-8-17(12-21(20)32-2)13-26-28-24(31)23(30)25-14-19-7-4-10-33-19/h3-13H,14-15H2,1-2H3,(H,25,30)(H,27,29)(H,28,31)/b26-13-. The highest BCUT2D eigenvalue weighted by Gasteiger charge is 2.13. The van der Waals surface area contributed by atoms with E-state index < -0.39 is 11.8 Å². The van der Waals surface area contributed by atoms with Crippen LogP contribution in [0.3, 0.4) is 0 Å². The molecular formula is C24H24N4O6. The summed E-state index contributed by atoms with van der Waals surface area (Å²) in [6.07, 6.45) is 2.81. The molecule has 0 bridgehead atoms. The molecule has 10 nitrogen and oxygen atoms in total. The van der Waals surface area contributed by atoms with Crippen molar-refractivity contribution in [1.82, 2.24) is 10.7 Å². The van der Waals surface area contributed by atoms with E-state index in [0.29, 0.717) is 28.5 Å². The summed E-state index contributed by atoms with van der Waals surface area (Å²) in [7, 11) is 1.46. The molecule has 3 N–H and O–H groups in total. The van der Waals surface area contributed by atoms with Gasteiger partial charge in [0.25, 0.3) is 5.91 Å². The molecule has 0 aliphatic heterocycles. The second-order valence-electron chi connectivity index (χ2n) is 7.08. The van der Waals surface area contributed by atoms with Gasteiger partial charge >= 0.3 is 11.8 Å². The van der Waals surface area contributed by atoms with Crippen molar-refractivity contribution in [3.05, 3.63) is 77.7 Å². The molecule has 1 aromatic heterocycles. The number of nitrogens with one attached hydrogen (secondary N) is 3. The summed E-state index contributed by atoms with van der Waals surface area (Å²) in [6, 6.07) is 15.7. The Kier molecular flexibility index (Phi) is 8.39. The fourth-order valence-electron chi connectivity index (χ4n) is 2.82. The van der Waals surface area contributed by atoms with E-state index in [1.165, 1.54) is 19.6 Å². The first kappa shape index (κ1) is 24.1. The number of rotatable bonds is 9. The van der Waals surface area contributed by atoms with Crippen molar-refractivity contribution in [2.45, 2.75) is 13.5 Å². The second-order valence-corrected chi connectivity index (χ2v) is 7.08. The highest BCUT2D eigenvalue weighted by atomic mass is 16.5. The van der Waals surface area contributed by atoms with Crippen LogP contribution in [-0.2, 0) is 20.9 Å². The molecule has 0 spiro atoms. The number of hydrogen-bond acceptors (Lipinski definition) is 7. The lowest BCUT2D eigenvalue weighted by Gasteiger charge is -2.11. The van der Waals surface area contributed by atoms with Gasteiger partial charge in [-0.1, -0.05) is 12.1 Å². The number of carbonyl (C=O) groups is 3. The zero-order valence-corrected chi connectivity index (χ0v) is 18.7. The van der Waals surface area contributed by atoms with Crippen LogP contribution in [0.4, 0.5) is 5.69 Å². The number of amides is 3. The highest BCUT2D eigenvalue weighted by Crippen LogP contribution is 2.27.